The Morgan fingerprint density at radius 3 is 2.50 bits per heavy atom. The van der Waals surface area contributed by atoms with E-state index in [0.29, 0.717) is 6.54 Å². The number of carbonyl (C=O) groups excluding carboxylic acids is 1. The summed E-state index contributed by atoms with van der Waals surface area (Å²) in [6, 6.07) is 7.55. The molecule has 1 heterocycles. The first-order valence-electron chi connectivity index (χ1n) is 5.98. The third-order valence-corrected chi connectivity index (χ3v) is 3.34. The molecule has 1 aliphatic rings. The van der Waals surface area contributed by atoms with Gasteiger partial charge < -0.3 is 10.6 Å². The van der Waals surface area contributed by atoms with Gasteiger partial charge in [-0.2, -0.15) is 0 Å². The number of hydrogen-bond donors (Lipinski definition) is 2. The van der Waals surface area contributed by atoms with Crippen LogP contribution in [0.2, 0.25) is 5.02 Å². The Morgan fingerprint density at radius 2 is 1.89 bits per heavy atom. The van der Waals surface area contributed by atoms with Crippen LogP contribution in [-0.2, 0) is 11.3 Å². The molecule has 2 rings (SSSR count). The van der Waals surface area contributed by atoms with Crippen LogP contribution in [0, 0.1) is 5.92 Å². The van der Waals surface area contributed by atoms with Gasteiger partial charge in [0.2, 0.25) is 5.91 Å². The van der Waals surface area contributed by atoms with Crippen molar-refractivity contribution in [1.29, 1.82) is 0 Å². The van der Waals surface area contributed by atoms with Gasteiger partial charge in [0.1, 0.15) is 0 Å². The normalized spacial score (nSPS) is 15.8. The van der Waals surface area contributed by atoms with Crippen LogP contribution < -0.4 is 10.6 Å². The quantitative estimate of drug-likeness (QED) is 0.897. The Bertz CT molecular complexity index is 375. The van der Waals surface area contributed by atoms with Gasteiger partial charge in [-0.05, 0) is 43.6 Å². The van der Waals surface area contributed by atoms with Crippen LogP contribution in [0.3, 0.4) is 0 Å². The van der Waals surface area contributed by atoms with Gasteiger partial charge in [0.25, 0.3) is 0 Å². The lowest BCUT2D eigenvalue weighted by atomic mass is 9.97. The molecule has 0 radical (unpaired) electrons. The lowest BCUT2D eigenvalue weighted by Gasteiger charge is -2.21. The first kappa shape index (κ1) is 15.3. The van der Waals surface area contributed by atoms with Crippen molar-refractivity contribution in [3.63, 3.8) is 0 Å². The monoisotopic (exact) mass is 288 g/mol. The van der Waals surface area contributed by atoms with E-state index in [2.05, 4.69) is 10.6 Å². The molecule has 1 amide bonds. The number of amides is 1. The molecule has 0 unspecified atom stereocenters. The lowest BCUT2D eigenvalue weighted by Crippen LogP contribution is -2.37. The van der Waals surface area contributed by atoms with Gasteiger partial charge >= 0.3 is 0 Å². The fraction of sp³-hybridized carbons (Fsp3) is 0.462. The van der Waals surface area contributed by atoms with Crippen LogP contribution in [0.4, 0.5) is 0 Å². The lowest BCUT2D eigenvalue weighted by molar-refractivity contribution is -0.125. The van der Waals surface area contributed by atoms with Crippen molar-refractivity contribution in [2.75, 3.05) is 13.1 Å². The minimum Gasteiger partial charge on any atom is -0.352 e. The fourth-order valence-corrected chi connectivity index (χ4v) is 2.15. The average molecular weight is 289 g/mol. The fourth-order valence-electron chi connectivity index (χ4n) is 2.02. The summed E-state index contributed by atoms with van der Waals surface area (Å²) in [6.45, 7) is 2.47. The Kier molecular flexibility index (Phi) is 6.47. The summed E-state index contributed by atoms with van der Waals surface area (Å²) in [6.07, 6.45) is 1.87. The van der Waals surface area contributed by atoms with Crippen molar-refractivity contribution in [2.24, 2.45) is 5.92 Å². The second-order valence-electron chi connectivity index (χ2n) is 4.37. The molecule has 3 nitrogen and oxygen atoms in total. The summed E-state index contributed by atoms with van der Waals surface area (Å²) in [5, 5.41) is 6.95. The number of carbonyl (C=O) groups is 1. The standard InChI is InChI=1S/C13H17ClN2O.ClH/c14-12-3-1-10(2-4-12)9-16-13(17)11-5-7-15-8-6-11;/h1-4,11,15H,5-9H2,(H,16,17);1H. The maximum Gasteiger partial charge on any atom is 0.223 e. The molecule has 18 heavy (non-hydrogen) atoms. The van der Waals surface area contributed by atoms with E-state index in [1.807, 2.05) is 24.3 Å². The average Bonchev–Trinajstić information content (AvgIpc) is 2.39. The number of benzene rings is 1. The summed E-state index contributed by atoms with van der Waals surface area (Å²) in [5.41, 5.74) is 1.08. The zero-order valence-electron chi connectivity index (χ0n) is 10.1. The van der Waals surface area contributed by atoms with Gasteiger partial charge in [-0.3, -0.25) is 4.79 Å². The van der Waals surface area contributed by atoms with Crippen molar-refractivity contribution >= 4 is 29.9 Å². The molecule has 0 aliphatic carbocycles. The summed E-state index contributed by atoms with van der Waals surface area (Å²) in [7, 11) is 0. The molecule has 1 aliphatic heterocycles. The van der Waals surface area contributed by atoms with Gasteiger partial charge in [-0.25, -0.2) is 0 Å². The van der Waals surface area contributed by atoms with Crippen LogP contribution >= 0.6 is 24.0 Å². The number of nitrogens with one attached hydrogen (secondary N) is 2. The zero-order chi connectivity index (χ0) is 12.1. The summed E-state index contributed by atoms with van der Waals surface area (Å²) >= 11 is 5.80. The summed E-state index contributed by atoms with van der Waals surface area (Å²) < 4.78 is 0. The van der Waals surface area contributed by atoms with E-state index in [1.54, 1.807) is 0 Å². The Hall–Kier alpha value is -0.770. The number of piperidine rings is 1. The van der Waals surface area contributed by atoms with Gasteiger partial charge in [-0.1, -0.05) is 23.7 Å². The molecule has 0 aromatic heterocycles. The molecule has 1 aromatic carbocycles. The maximum absolute atomic E-state index is 11.9. The van der Waals surface area contributed by atoms with E-state index in [9.17, 15) is 4.79 Å². The molecule has 0 saturated carbocycles. The van der Waals surface area contributed by atoms with Crippen LogP contribution in [0.25, 0.3) is 0 Å². The molecule has 0 bridgehead atoms. The largest absolute Gasteiger partial charge is 0.352 e. The van der Waals surface area contributed by atoms with Crippen molar-refractivity contribution < 1.29 is 4.79 Å². The van der Waals surface area contributed by atoms with E-state index in [4.69, 9.17) is 11.6 Å². The first-order valence-corrected chi connectivity index (χ1v) is 6.36. The van der Waals surface area contributed by atoms with Gasteiger partial charge in [-0.15, -0.1) is 12.4 Å². The van der Waals surface area contributed by atoms with Crippen LogP contribution in [0.15, 0.2) is 24.3 Å². The smallest absolute Gasteiger partial charge is 0.223 e. The summed E-state index contributed by atoms with van der Waals surface area (Å²) in [5.74, 6) is 0.338. The molecule has 5 heteroatoms. The molecule has 100 valence electrons. The Labute approximate surface area is 119 Å². The van der Waals surface area contributed by atoms with Crippen LogP contribution in [0.5, 0.6) is 0 Å². The Balaban J connectivity index is 0.00000162. The van der Waals surface area contributed by atoms with Crippen molar-refractivity contribution in [2.45, 2.75) is 19.4 Å². The number of hydrogen-bond acceptors (Lipinski definition) is 2. The number of halogens is 2. The summed E-state index contributed by atoms with van der Waals surface area (Å²) in [4.78, 5) is 11.9. The number of rotatable bonds is 3. The van der Waals surface area contributed by atoms with Gasteiger partial charge in [0, 0.05) is 17.5 Å². The maximum atomic E-state index is 11.9. The minimum atomic E-state index is 0. The van der Waals surface area contributed by atoms with Gasteiger partial charge in [0.15, 0.2) is 0 Å². The van der Waals surface area contributed by atoms with E-state index in [1.165, 1.54) is 0 Å². The minimum absolute atomic E-state index is 0. The molecule has 1 saturated heterocycles. The van der Waals surface area contributed by atoms with Crippen LogP contribution in [0.1, 0.15) is 18.4 Å². The predicted octanol–water partition coefficient (Wildman–Crippen LogP) is 2.38. The molecule has 0 atom stereocenters. The molecular weight excluding hydrogens is 271 g/mol. The van der Waals surface area contributed by atoms with E-state index in [0.717, 1.165) is 36.5 Å². The zero-order valence-corrected chi connectivity index (χ0v) is 11.7. The van der Waals surface area contributed by atoms with Crippen molar-refractivity contribution in [3.8, 4) is 0 Å². The predicted molar refractivity (Wildman–Crippen MR) is 76.1 cm³/mol. The molecule has 0 spiro atoms. The molecule has 1 aromatic rings. The first-order chi connectivity index (χ1) is 8.25. The molecule has 2 N–H and O–H groups in total. The molecular formula is C13H18Cl2N2O. The third-order valence-electron chi connectivity index (χ3n) is 3.09. The van der Waals surface area contributed by atoms with Crippen molar-refractivity contribution in [1.82, 2.24) is 10.6 Å². The highest BCUT2D eigenvalue weighted by Gasteiger charge is 2.20. The highest BCUT2D eigenvalue weighted by Crippen LogP contribution is 2.12. The Morgan fingerprint density at radius 1 is 1.28 bits per heavy atom. The van der Waals surface area contributed by atoms with Crippen LogP contribution in [-0.4, -0.2) is 19.0 Å². The third kappa shape index (κ3) is 4.48. The van der Waals surface area contributed by atoms with Gasteiger partial charge in [0.05, 0.1) is 0 Å². The highest BCUT2D eigenvalue weighted by molar-refractivity contribution is 6.30. The van der Waals surface area contributed by atoms with E-state index < -0.39 is 0 Å². The second kappa shape index (κ2) is 7.62. The SMILES string of the molecule is Cl.O=C(NCc1ccc(Cl)cc1)C1CCNCC1. The topological polar surface area (TPSA) is 41.1 Å². The highest BCUT2D eigenvalue weighted by atomic mass is 35.5. The van der Waals surface area contributed by atoms with Crippen molar-refractivity contribution in [3.05, 3.63) is 34.9 Å². The molecule has 1 fully saturated rings. The second-order valence-corrected chi connectivity index (χ2v) is 4.80. The van der Waals surface area contributed by atoms with E-state index >= 15 is 0 Å². The van der Waals surface area contributed by atoms with E-state index in [-0.39, 0.29) is 24.2 Å².